The van der Waals surface area contributed by atoms with Crippen LogP contribution in [0.3, 0.4) is 0 Å². The molecule has 1 atom stereocenters. The molecule has 0 aliphatic heterocycles. The molecular weight excluding hydrogens is 196 g/mol. The van der Waals surface area contributed by atoms with E-state index in [0.29, 0.717) is 11.1 Å². The molecule has 1 saturated carbocycles. The number of pyridine rings is 1. The highest BCUT2D eigenvalue weighted by molar-refractivity contribution is 6.30. The fourth-order valence-electron chi connectivity index (χ4n) is 1.68. The maximum Gasteiger partial charge on any atom is 0.128 e. The zero-order valence-corrected chi connectivity index (χ0v) is 9.33. The zero-order valence-electron chi connectivity index (χ0n) is 8.57. The smallest absolute Gasteiger partial charge is 0.128 e. The molecule has 1 fully saturated rings. The van der Waals surface area contributed by atoms with E-state index in [9.17, 15) is 0 Å². The summed E-state index contributed by atoms with van der Waals surface area (Å²) in [6.07, 6.45) is 4.42. The Hall–Kier alpha value is -0.760. The van der Waals surface area contributed by atoms with Crippen LogP contribution in [-0.2, 0) is 0 Å². The van der Waals surface area contributed by atoms with Gasteiger partial charge in [0.05, 0.1) is 5.02 Å². The Morgan fingerprint density at radius 1 is 1.50 bits per heavy atom. The Labute approximate surface area is 89.9 Å². The van der Waals surface area contributed by atoms with Crippen molar-refractivity contribution in [2.75, 3.05) is 11.9 Å². The largest absolute Gasteiger partial charge is 0.357 e. The topological polar surface area (TPSA) is 16.1 Å². The van der Waals surface area contributed by atoms with Crippen LogP contribution in [0, 0.1) is 5.92 Å². The normalized spacial score (nSPS) is 17.9. The first-order valence-corrected chi connectivity index (χ1v) is 5.40. The van der Waals surface area contributed by atoms with Gasteiger partial charge in [-0.15, -0.1) is 0 Å². The predicted octanol–water partition coefficient (Wildman–Crippen LogP) is 2.97. The molecule has 2 rings (SSSR count). The Balaban J connectivity index is 2.09. The highest BCUT2D eigenvalue weighted by atomic mass is 35.5. The number of halogens is 1. The summed E-state index contributed by atoms with van der Waals surface area (Å²) < 4.78 is 0. The molecule has 1 unspecified atom stereocenters. The van der Waals surface area contributed by atoms with Crippen LogP contribution in [0.5, 0.6) is 0 Å². The van der Waals surface area contributed by atoms with Gasteiger partial charge in [0.15, 0.2) is 0 Å². The van der Waals surface area contributed by atoms with Gasteiger partial charge in [-0.1, -0.05) is 11.6 Å². The van der Waals surface area contributed by atoms with Gasteiger partial charge in [0.2, 0.25) is 0 Å². The molecule has 0 spiro atoms. The predicted molar refractivity (Wildman–Crippen MR) is 59.8 cm³/mol. The van der Waals surface area contributed by atoms with Crippen LogP contribution in [0.2, 0.25) is 5.02 Å². The lowest BCUT2D eigenvalue weighted by atomic mass is 10.2. The lowest BCUT2D eigenvalue weighted by molar-refractivity contribution is 0.604. The Kier molecular flexibility index (Phi) is 2.64. The molecule has 0 bridgehead atoms. The first-order chi connectivity index (χ1) is 6.68. The van der Waals surface area contributed by atoms with Gasteiger partial charge >= 0.3 is 0 Å². The SMILES string of the molecule is CC(C1CC1)N(C)c1ccc(Cl)cn1. The van der Waals surface area contributed by atoms with Crippen LogP contribution in [0.4, 0.5) is 5.82 Å². The number of rotatable bonds is 3. The molecule has 1 aromatic heterocycles. The molecular formula is C11H15ClN2. The zero-order chi connectivity index (χ0) is 10.1. The van der Waals surface area contributed by atoms with Gasteiger partial charge in [0.25, 0.3) is 0 Å². The first kappa shape index (κ1) is 9.78. The van der Waals surface area contributed by atoms with Crippen LogP contribution in [-0.4, -0.2) is 18.1 Å². The van der Waals surface area contributed by atoms with Gasteiger partial charge in [-0.3, -0.25) is 0 Å². The second-order valence-electron chi connectivity index (χ2n) is 4.02. The van der Waals surface area contributed by atoms with E-state index in [4.69, 9.17) is 11.6 Å². The van der Waals surface area contributed by atoms with E-state index in [-0.39, 0.29) is 0 Å². The minimum atomic E-state index is 0.587. The van der Waals surface area contributed by atoms with Crippen LogP contribution in [0.25, 0.3) is 0 Å². The van der Waals surface area contributed by atoms with E-state index in [1.807, 2.05) is 12.1 Å². The van der Waals surface area contributed by atoms with Crippen molar-refractivity contribution in [2.24, 2.45) is 5.92 Å². The van der Waals surface area contributed by atoms with E-state index < -0.39 is 0 Å². The molecule has 3 heteroatoms. The van der Waals surface area contributed by atoms with Crippen molar-refractivity contribution in [3.8, 4) is 0 Å². The monoisotopic (exact) mass is 210 g/mol. The molecule has 0 radical (unpaired) electrons. The minimum Gasteiger partial charge on any atom is -0.357 e. The van der Waals surface area contributed by atoms with Crippen molar-refractivity contribution in [1.29, 1.82) is 0 Å². The molecule has 2 nitrogen and oxygen atoms in total. The lowest BCUT2D eigenvalue weighted by Crippen LogP contribution is -2.31. The van der Waals surface area contributed by atoms with Gasteiger partial charge in [-0.2, -0.15) is 0 Å². The number of hydrogen-bond acceptors (Lipinski definition) is 2. The number of aromatic nitrogens is 1. The van der Waals surface area contributed by atoms with Crippen LogP contribution < -0.4 is 4.90 Å². The average molecular weight is 211 g/mol. The molecule has 0 amide bonds. The van der Waals surface area contributed by atoms with Gasteiger partial charge < -0.3 is 4.90 Å². The summed E-state index contributed by atoms with van der Waals surface area (Å²) in [4.78, 5) is 6.53. The lowest BCUT2D eigenvalue weighted by Gasteiger charge is -2.25. The molecule has 76 valence electrons. The molecule has 0 saturated heterocycles. The van der Waals surface area contributed by atoms with Crippen molar-refractivity contribution in [3.63, 3.8) is 0 Å². The van der Waals surface area contributed by atoms with E-state index in [1.54, 1.807) is 6.20 Å². The van der Waals surface area contributed by atoms with Gasteiger partial charge in [-0.05, 0) is 37.8 Å². The molecule has 1 aliphatic carbocycles. The molecule has 1 aliphatic rings. The standard InChI is InChI=1S/C11H15ClN2/c1-8(9-3-4-9)14(2)11-6-5-10(12)7-13-11/h5-9H,3-4H2,1-2H3. The summed E-state index contributed by atoms with van der Waals surface area (Å²) >= 11 is 5.79. The summed E-state index contributed by atoms with van der Waals surface area (Å²) in [7, 11) is 2.10. The fourth-order valence-corrected chi connectivity index (χ4v) is 1.79. The summed E-state index contributed by atoms with van der Waals surface area (Å²) in [5.41, 5.74) is 0. The first-order valence-electron chi connectivity index (χ1n) is 5.03. The van der Waals surface area contributed by atoms with Crippen molar-refractivity contribution in [2.45, 2.75) is 25.8 Å². The maximum atomic E-state index is 5.79. The Bertz CT molecular complexity index is 306. The van der Waals surface area contributed by atoms with Crippen molar-refractivity contribution in [3.05, 3.63) is 23.4 Å². The van der Waals surface area contributed by atoms with E-state index in [1.165, 1.54) is 12.8 Å². The van der Waals surface area contributed by atoms with E-state index in [2.05, 4.69) is 23.9 Å². The van der Waals surface area contributed by atoms with Crippen LogP contribution in [0.15, 0.2) is 18.3 Å². The molecule has 1 aromatic rings. The molecule has 0 aromatic carbocycles. The highest BCUT2D eigenvalue weighted by Crippen LogP contribution is 2.35. The molecule has 14 heavy (non-hydrogen) atoms. The number of anilines is 1. The highest BCUT2D eigenvalue weighted by Gasteiger charge is 2.30. The Morgan fingerprint density at radius 2 is 2.21 bits per heavy atom. The van der Waals surface area contributed by atoms with Crippen molar-refractivity contribution >= 4 is 17.4 Å². The average Bonchev–Trinajstić information content (AvgIpc) is 3.00. The van der Waals surface area contributed by atoms with Gasteiger partial charge in [0.1, 0.15) is 5.82 Å². The van der Waals surface area contributed by atoms with Crippen molar-refractivity contribution < 1.29 is 0 Å². The fraction of sp³-hybridized carbons (Fsp3) is 0.545. The quantitative estimate of drug-likeness (QED) is 0.763. The summed E-state index contributed by atoms with van der Waals surface area (Å²) in [5.74, 6) is 1.87. The second kappa shape index (κ2) is 3.77. The number of hydrogen-bond donors (Lipinski definition) is 0. The van der Waals surface area contributed by atoms with Crippen LogP contribution >= 0.6 is 11.6 Å². The van der Waals surface area contributed by atoms with Crippen molar-refractivity contribution in [1.82, 2.24) is 4.98 Å². The third-order valence-electron chi connectivity index (χ3n) is 2.99. The summed E-state index contributed by atoms with van der Waals surface area (Å²) in [6.45, 7) is 2.26. The van der Waals surface area contributed by atoms with Gasteiger partial charge in [0, 0.05) is 19.3 Å². The number of nitrogens with zero attached hydrogens (tertiary/aromatic N) is 2. The van der Waals surface area contributed by atoms with Gasteiger partial charge in [-0.25, -0.2) is 4.98 Å². The minimum absolute atomic E-state index is 0.587. The maximum absolute atomic E-state index is 5.79. The third-order valence-corrected chi connectivity index (χ3v) is 3.21. The summed E-state index contributed by atoms with van der Waals surface area (Å²) in [5, 5.41) is 0.696. The van der Waals surface area contributed by atoms with E-state index in [0.717, 1.165) is 11.7 Å². The Morgan fingerprint density at radius 3 is 2.71 bits per heavy atom. The third kappa shape index (κ3) is 2.01. The molecule has 0 N–H and O–H groups in total. The van der Waals surface area contributed by atoms with E-state index >= 15 is 0 Å². The second-order valence-corrected chi connectivity index (χ2v) is 4.46. The molecule has 1 heterocycles. The summed E-state index contributed by atoms with van der Waals surface area (Å²) in [6, 6.07) is 4.45. The van der Waals surface area contributed by atoms with Crippen LogP contribution in [0.1, 0.15) is 19.8 Å².